The van der Waals surface area contributed by atoms with Crippen molar-refractivity contribution in [2.24, 2.45) is 0 Å². The van der Waals surface area contributed by atoms with Gasteiger partial charge in [-0.1, -0.05) is 31.2 Å². The van der Waals surface area contributed by atoms with Gasteiger partial charge < -0.3 is 5.11 Å². The van der Waals surface area contributed by atoms with Gasteiger partial charge in [0, 0.05) is 15.8 Å². The molecule has 0 aliphatic carbocycles. The van der Waals surface area contributed by atoms with Crippen molar-refractivity contribution in [2.45, 2.75) is 20.3 Å². The van der Waals surface area contributed by atoms with Crippen molar-refractivity contribution in [3.05, 3.63) is 45.6 Å². The van der Waals surface area contributed by atoms with E-state index in [1.807, 2.05) is 19.1 Å². The van der Waals surface area contributed by atoms with Gasteiger partial charge in [-0.25, -0.2) is 4.79 Å². The van der Waals surface area contributed by atoms with E-state index in [-0.39, 0.29) is 0 Å². The number of aryl methyl sites for hydroxylation is 2. The lowest BCUT2D eigenvalue weighted by molar-refractivity contribution is 0.0698. The van der Waals surface area contributed by atoms with E-state index in [0.717, 1.165) is 22.4 Å². The Morgan fingerprint density at radius 1 is 1.29 bits per heavy atom. The average molecular weight is 246 g/mol. The number of hydrogen-bond acceptors (Lipinski definition) is 2. The molecule has 2 aromatic rings. The Labute approximate surface area is 105 Å². The molecule has 0 amide bonds. The second kappa shape index (κ2) is 4.72. The highest BCUT2D eigenvalue weighted by Gasteiger charge is 2.15. The third kappa shape index (κ3) is 2.24. The van der Waals surface area contributed by atoms with Gasteiger partial charge in [-0.05, 0) is 24.5 Å². The predicted molar refractivity (Wildman–Crippen MR) is 70.8 cm³/mol. The molecule has 0 bridgehead atoms. The summed E-state index contributed by atoms with van der Waals surface area (Å²) in [5.41, 5.74) is 3.50. The predicted octanol–water partition coefficient (Wildman–Crippen LogP) is 3.98. The van der Waals surface area contributed by atoms with Crippen molar-refractivity contribution < 1.29 is 9.90 Å². The van der Waals surface area contributed by atoms with Crippen LogP contribution in [-0.2, 0) is 6.42 Å². The summed E-state index contributed by atoms with van der Waals surface area (Å²) in [6.07, 6.45) is 0.995. The molecule has 0 unspecified atom stereocenters. The Morgan fingerprint density at radius 3 is 2.47 bits per heavy atom. The van der Waals surface area contributed by atoms with Gasteiger partial charge in [-0.2, -0.15) is 0 Å². The zero-order valence-electron chi connectivity index (χ0n) is 9.86. The molecule has 17 heavy (non-hydrogen) atoms. The molecule has 1 N–H and O–H groups in total. The Morgan fingerprint density at radius 2 is 1.94 bits per heavy atom. The highest BCUT2D eigenvalue weighted by Crippen LogP contribution is 2.32. The number of carbonyl (C=O) groups is 1. The lowest BCUT2D eigenvalue weighted by atomic mass is 10.0. The standard InChI is InChI=1S/C14H14O2S/c1-3-10-4-6-11(7-5-10)13-9(2)17-8-12(13)14(15)16/h4-8H,3H2,1-2H3,(H,15,16). The van der Waals surface area contributed by atoms with Crippen molar-refractivity contribution in [1.82, 2.24) is 0 Å². The maximum Gasteiger partial charge on any atom is 0.337 e. The Hall–Kier alpha value is -1.61. The van der Waals surface area contributed by atoms with Gasteiger partial charge in [0.15, 0.2) is 0 Å². The molecule has 1 aromatic heterocycles. The zero-order chi connectivity index (χ0) is 12.4. The van der Waals surface area contributed by atoms with Crippen LogP contribution >= 0.6 is 11.3 Å². The molecule has 0 fully saturated rings. The van der Waals surface area contributed by atoms with Gasteiger partial charge in [-0.3, -0.25) is 0 Å². The van der Waals surface area contributed by atoms with Crippen molar-refractivity contribution in [3.8, 4) is 11.1 Å². The van der Waals surface area contributed by atoms with Crippen LogP contribution in [0, 0.1) is 6.92 Å². The van der Waals surface area contributed by atoms with Gasteiger partial charge in [0.05, 0.1) is 5.56 Å². The maximum atomic E-state index is 11.1. The minimum atomic E-state index is -0.857. The van der Waals surface area contributed by atoms with Gasteiger partial charge in [0.25, 0.3) is 0 Å². The summed E-state index contributed by atoms with van der Waals surface area (Å²) < 4.78 is 0. The van der Waals surface area contributed by atoms with Gasteiger partial charge in [0.1, 0.15) is 0 Å². The van der Waals surface area contributed by atoms with E-state index in [1.165, 1.54) is 16.9 Å². The van der Waals surface area contributed by atoms with E-state index in [2.05, 4.69) is 19.1 Å². The first kappa shape index (κ1) is 11.9. The summed E-state index contributed by atoms with van der Waals surface area (Å²) in [6, 6.07) is 8.11. The molecule has 0 aliphatic heterocycles. The van der Waals surface area contributed by atoms with Gasteiger partial charge in [0.2, 0.25) is 0 Å². The molecule has 0 radical (unpaired) electrons. The van der Waals surface area contributed by atoms with E-state index >= 15 is 0 Å². The number of benzene rings is 1. The van der Waals surface area contributed by atoms with Crippen molar-refractivity contribution in [1.29, 1.82) is 0 Å². The SMILES string of the molecule is CCc1ccc(-c2c(C(=O)O)csc2C)cc1. The van der Waals surface area contributed by atoms with Crippen LogP contribution in [0.5, 0.6) is 0 Å². The minimum absolute atomic E-state index is 0.400. The molecule has 2 nitrogen and oxygen atoms in total. The molecular formula is C14H14O2S. The fourth-order valence-electron chi connectivity index (χ4n) is 1.88. The third-order valence-corrected chi connectivity index (χ3v) is 3.77. The molecule has 3 heteroatoms. The number of rotatable bonds is 3. The number of carboxylic acid groups (broad SMARTS) is 1. The first-order chi connectivity index (χ1) is 8.13. The van der Waals surface area contributed by atoms with Crippen LogP contribution in [0.4, 0.5) is 0 Å². The second-order valence-electron chi connectivity index (χ2n) is 3.94. The van der Waals surface area contributed by atoms with Gasteiger partial charge >= 0.3 is 5.97 Å². The van der Waals surface area contributed by atoms with E-state index in [9.17, 15) is 4.79 Å². The summed E-state index contributed by atoms with van der Waals surface area (Å²) in [7, 11) is 0. The topological polar surface area (TPSA) is 37.3 Å². The zero-order valence-corrected chi connectivity index (χ0v) is 10.7. The highest BCUT2D eigenvalue weighted by molar-refractivity contribution is 7.10. The lowest BCUT2D eigenvalue weighted by Crippen LogP contribution is -1.96. The van der Waals surface area contributed by atoms with E-state index in [0.29, 0.717) is 5.56 Å². The Kier molecular flexibility index (Phi) is 3.29. The lowest BCUT2D eigenvalue weighted by Gasteiger charge is -2.04. The molecule has 0 saturated heterocycles. The summed E-state index contributed by atoms with van der Waals surface area (Å²) in [5, 5.41) is 10.9. The smallest absolute Gasteiger partial charge is 0.337 e. The van der Waals surface area contributed by atoms with Crippen LogP contribution in [0.25, 0.3) is 11.1 Å². The molecule has 2 rings (SSSR count). The fourth-order valence-corrected chi connectivity index (χ4v) is 2.74. The normalized spacial score (nSPS) is 10.5. The van der Waals surface area contributed by atoms with E-state index in [4.69, 9.17) is 5.11 Å². The molecule has 1 aromatic carbocycles. The Bertz CT molecular complexity index is 538. The van der Waals surface area contributed by atoms with Crippen LogP contribution in [0.15, 0.2) is 29.6 Å². The molecule has 1 heterocycles. The number of thiophene rings is 1. The van der Waals surface area contributed by atoms with Crippen molar-refractivity contribution in [3.63, 3.8) is 0 Å². The quantitative estimate of drug-likeness (QED) is 0.889. The fraction of sp³-hybridized carbons (Fsp3) is 0.214. The third-order valence-electron chi connectivity index (χ3n) is 2.86. The minimum Gasteiger partial charge on any atom is -0.478 e. The summed E-state index contributed by atoms with van der Waals surface area (Å²) >= 11 is 1.48. The molecule has 0 saturated carbocycles. The number of hydrogen-bond donors (Lipinski definition) is 1. The highest BCUT2D eigenvalue weighted by atomic mass is 32.1. The first-order valence-electron chi connectivity index (χ1n) is 5.54. The van der Waals surface area contributed by atoms with Crippen LogP contribution in [-0.4, -0.2) is 11.1 Å². The van der Waals surface area contributed by atoms with Crippen LogP contribution < -0.4 is 0 Å². The summed E-state index contributed by atoms with van der Waals surface area (Å²) in [6.45, 7) is 4.06. The first-order valence-corrected chi connectivity index (χ1v) is 6.42. The number of aromatic carboxylic acids is 1. The summed E-state index contributed by atoms with van der Waals surface area (Å²) in [4.78, 5) is 12.2. The number of carboxylic acids is 1. The van der Waals surface area contributed by atoms with Crippen LogP contribution in [0.1, 0.15) is 27.7 Å². The van der Waals surface area contributed by atoms with Crippen LogP contribution in [0.2, 0.25) is 0 Å². The Balaban J connectivity index is 2.51. The molecular weight excluding hydrogens is 232 g/mol. The monoisotopic (exact) mass is 246 g/mol. The molecule has 0 spiro atoms. The largest absolute Gasteiger partial charge is 0.478 e. The van der Waals surface area contributed by atoms with Crippen molar-refractivity contribution >= 4 is 17.3 Å². The molecule has 88 valence electrons. The van der Waals surface area contributed by atoms with Crippen LogP contribution in [0.3, 0.4) is 0 Å². The maximum absolute atomic E-state index is 11.1. The second-order valence-corrected chi connectivity index (χ2v) is 5.02. The van der Waals surface area contributed by atoms with E-state index in [1.54, 1.807) is 5.38 Å². The summed E-state index contributed by atoms with van der Waals surface area (Å²) in [5.74, 6) is -0.857. The molecule has 0 aliphatic rings. The van der Waals surface area contributed by atoms with Gasteiger partial charge in [-0.15, -0.1) is 11.3 Å². The average Bonchev–Trinajstić information content (AvgIpc) is 2.71. The molecule has 0 atom stereocenters. The van der Waals surface area contributed by atoms with E-state index < -0.39 is 5.97 Å². The van der Waals surface area contributed by atoms with Crippen molar-refractivity contribution in [2.75, 3.05) is 0 Å².